The van der Waals surface area contributed by atoms with E-state index in [1.807, 2.05) is 6.07 Å². The number of furan rings is 1. The molecule has 2 aromatic rings. The molecule has 1 fully saturated rings. The minimum Gasteiger partial charge on any atom is -0.463 e. The van der Waals surface area contributed by atoms with Crippen molar-refractivity contribution < 1.29 is 9.21 Å². The molecule has 1 saturated carbocycles. The van der Waals surface area contributed by atoms with Crippen molar-refractivity contribution in [2.75, 3.05) is 0 Å². The third-order valence-electron chi connectivity index (χ3n) is 3.70. The first-order valence-corrected chi connectivity index (χ1v) is 6.88. The fourth-order valence-electron chi connectivity index (χ4n) is 2.52. The summed E-state index contributed by atoms with van der Waals surface area (Å²) >= 11 is 0. The molecule has 0 spiro atoms. The SMILES string of the molecule is NC1CCC(NC(=O)c2cc(-c3ccco3)[nH]n2)CC1. The van der Waals surface area contributed by atoms with Crippen LogP contribution in [-0.2, 0) is 0 Å². The molecular weight excluding hydrogens is 256 g/mol. The Bertz CT molecular complexity index is 568. The Morgan fingerprint density at radius 2 is 2.20 bits per heavy atom. The summed E-state index contributed by atoms with van der Waals surface area (Å²) in [6, 6.07) is 5.78. The molecule has 0 radical (unpaired) electrons. The lowest BCUT2D eigenvalue weighted by atomic mass is 9.92. The summed E-state index contributed by atoms with van der Waals surface area (Å²) in [4.78, 5) is 12.1. The summed E-state index contributed by atoms with van der Waals surface area (Å²) in [5.74, 6) is 0.514. The van der Waals surface area contributed by atoms with E-state index in [1.165, 1.54) is 0 Å². The van der Waals surface area contributed by atoms with Crippen LogP contribution in [0.25, 0.3) is 11.5 Å². The van der Waals surface area contributed by atoms with Gasteiger partial charge in [-0.15, -0.1) is 0 Å². The first-order chi connectivity index (χ1) is 9.72. The van der Waals surface area contributed by atoms with Crippen molar-refractivity contribution in [1.82, 2.24) is 15.5 Å². The highest BCUT2D eigenvalue weighted by atomic mass is 16.3. The highest BCUT2D eigenvalue weighted by Crippen LogP contribution is 2.19. The number of aromatic amines is 1. The van der Waals surface area contributed by atoms with Crippen LogP contribution in [0.3, 0.4) is 0 Å². The lowest BCUT2D eigenvalue weighted by Crippen LogP contribution is -2.40. The minimum absolute atomic E-state index is 0.153. The van der Waals surface area contributed by atoms with Crippen LogP contribution in [0.5, 0.6) is 0 Å². The average molecular weight is 274 g/mol. The molecule has 6 nitrogen and oxygen atoms in total. The van der Waals surface area contributed by atoms with Gasteiger partial charge < -0.3 is 15.5 Å². The van der Waals surface area contributed by atoms with Crippen LogP contribution >= 0.6 is 0 Å². The maximum Gasteiger partial charge on any atom is 0.272 e. The van der Waals surface area contributed by atoms with Crippen LogP contribution in [0.4, 0.5) is 0 Å². The van der Waals surface area contributed by atoms with Crippen LogP contribution in [0.15, 0.2) is 28.9 Å². The normalized spacial score (nSPS) is 22.6. The molecule has 0 atom stereocenters. The molecule has 0 bridgehead atoms. The predicted octanol–water partition coefficient (Wildman–Crippen LogP) is 1.67. The number of amides is 1. The van der Waals surface area contributed by atoms with Gasteiger partial charge in [0.25, 0.3) is 5.91 Å². The van der Waals surface area contributed by atoms with E-state index in [-0.39, 0.29) is 18.0 Å². The Balaban J connectivity index is 1.63. The Hall–Kier alpha value is -2.08. The number of hydrogen-bond acceptors (Lipinski definition) is 4. The fraction of sp³-hybridized carbons (Fsp3) is 0.429. The van der Waals surface area contributed by atoms with Crippen molar-refractivity contribution in [3.05, 3.63) is 30.2 Å². The summed E-state index contributed by atoms with van der Waals surface area (Å²) in [5.41, 5.74) is 6.94. The van der Waals surface area contributed by atoms with Crippen molar-refractivity contribution in [2.24, 2.45) is 5.73 Å². The van der Waals surface area contributed by atoms with E-state index in [0.29, 0.717) is 17.1 Å². The Morgan fingerprint density at radius 3 is 2.90 bits per heavy atom. The van der Waals surface area contributed by atoms with Gasteiger partial charge in [0.1, 0.15) is 5.69 Å². The molecule has 0 aromatic carbocycles. The van der Waals surface area contributed by atoms with Gasteiger partial charge in [-0.05, 0) is 37.8 Å². The molecule has 6 heteroatoms. The molecule has 1 aliphatic rings. The van der Waals surface area contributed by atoms with Crippen molar-refractivity contribution in [3.63, 3.8) is 0 Å². The molecule has 106 valence electrons. The van der Waals surface area contributed by atoms with E-state index < -0.39 is 0 Å². The van der Waals surface area contributed by atoms with E-state index in [2.05, 4.69) is 15.5 Å². The van der Waals surface area contributed by atoms with Gasteiger partial charge in [-0.1, -0.05) is 0 Å². The van der Waals surface area contributed by atoms with Crippen molar-refractivity contribution in [2.45, 2.75) is 37.8 Å². The average Bonchev–Trinajstić information content (AvgIpc) is 3.11. The van der Waals surface area contributed by atoms with Gasteiger partial charge in [0, 0.05) is 18.2 Å². The summed E-state index contributed by atoms with van der Waals surface area (Å²) in [7, 11) is 0. The summed E-state index contributed by atoms with van der Waals surface area (Å²) in [6.45, 7) is 0. The second-order valence-corrected chi connectivity index (χ2v) is 5.23. The van der Waals surface area contributed by atoms with Gasteiger partial charge in [0.2, 0.25) is 0 Å². The molecule has 3 rings (SSSR count). The Morgan fingerprint density at radius 1 is 1.40 bits per heavy atom. The van der Waals surface area contributed by atoms with Crippen LogP contribution in [0, 0.1) is 0 Å². The van der Waals surface area contributed by atoms with Crippen LogP contribution in [0.2, 0.25) is 0 Å². The monoisotopic (exact) mass is 274 g/mol. The predicted molar refractivity (Wildman–Crippen MR) is 74.0 cm³/mol. The van der Waals surface area contributed by atoms with Crippen molar-refractivity contribution in [3.8, 4) is 11.5 Å². The van der Waals surface area contributed by atoms with Crippen LogP contribution in [0.1, 0.15) is 36.2 Å². The van der Waals surface area contributed by atoms with Gasteiger partial charge >= 0.3 is 0 Å². The standard InChI is InChI=1S/C14H18N4O2/c15-9-3-5-10(6-4-9)16-14(19)12-8-11(17-18-12)13-2-1-7-20-13/h1-2,7-10H,3-6,15H2,(H,16,19)(H,17,18). The molecule has 1 amide bonds. The maximum atomic E-state index is 12.1. The molecule has 2 heterocycles. The number of hydrogen-bond donors (Lipinski definition) is 3. The minimum atomic E-state index is -0.153. The number of carbonyl (C=O) groups excluding carboxylic acids is 1. The zero-order valence-corrected chi connectivity index (χ0v) is 11.1. The quantitative estimate of drug-likeness (QED) is 0.793. The molecule has 4 N–H and O–H groups in total. The topological polar surface area (TPSA) is 96.9 Å². The Kier molecular flexibility index (Phi) is 3.56. The number of nitrogens with two attached hydrogens (primary N) is 1. The van der Waals surface area contributed by atoms with Gasteiger partial charge in [-0.2, -0.15) is 5.10 Å². The van der Waals surface area contributed by atoms with Crippen LogP contribution < -0.4 is 11.1 Å². The first-order valence-electron chi connectivity index (χ1n) is 6.88. The van der Waals surface area contributed by atoms with Gasteiger partial charge in [-0.3, -0.25) is 9.89 Å². The smallest absolute Gasteiger partial charge is 0.272 e. The highest BCUT2D eigenvalue weighted by molar-refractivity contribution is 5.93. The third kappa shape index (κ3) is 2.75. The third-order valence-corrected chi connectivity index (χ3v) is 3.70. The number of nitrogens with one attached hydrogen (secondary N) is 2. The van der Waals surface area contributed by atoms with Crippen LogP contribution in [-0.4, -0.2) is 28.2 Å². The van der Waals surface area contributed by atoms with E-state index >= 15 is 0 Å². The molecule has 0 saturated heterocycles. The van der Waals surface area contributed by atoms with E-state index in [0.717, 1.165) is 25.7 Å². The first kappa shape index (κ1) is 12.9. The van der Waals surface area contributed by atoms with Crippen molar-refractivity contribution >= 4 is 5.91 Å². The second kappa shape index (κ2) is 5.50. The molecule has 2 aromatic heterocycles. The number of aromatic nitrogens is 2. The molecular formula is C14H18N4O2. The number of rotatable bonds is 3. The largest absolute Gasteiger partial charge is 0.463 e. The summed E-state index contributed by atoms with van der Waals surface area (Å²) in [6.07, 6.45) is 5.37. The number of H-pyrrole nitrogens is 1. The van der Waals surface area contributed by atoms with Crippen molar-refractivity contribution in [1.29, 1.82) is 0 Å². The lowest BCUT2D eigenvalue weighted by molar-refractivity contribution is 0.0921. The van der Waals surface area contributed by atoms with E-state index in [1.54, 1.807) is 18.4 Å². The summed E-state index contributed by atoms with van der Waals surface area (Å²) < 4.78 is 5.26. The Labute approximate surface area is 116 Å². The number of nitrogens with zero attached hydrogens (tertiary/aromatic N) is 1. The molecule has 0 aliphatic heterocycles. The second-order valence-electron chi connectivity index (χ2n) is 5.23. The van der Waals surface area contributed by atoms with Gasteiger partial charge in [0.05, 0.1) is 6.26 Å². The lowest BCUT2D eigenvalue weighted by Gasteiger charge is -2.26. The molecule has 20 heavy (non-hydrogen) atoms. The zero-order valence-electron chi connectivity index (χ0n) is 11.1. The van der Waals surface area contributed by atoms with E-state index in [9.17, 15) is 4.79 Å². The van der Waals surface area contributed by atoms with Gasteiger partial charge in [-0.25, -0.2) is 0 Å². The fourth-order valence-corrected chi connectivity index (χ4v) is 2.52. The number of carbonyl (C=O) groups is 1. The molecule has 0 unspecified atom stereocenters. The summed E-state index contributed by atoms with van der Waals surface area (Å²) in [5, 5.41) is 9.85. The zero-order chi connectivity index (χ0) is 13.9. The van der Waals surface area contributed by atoms with Gasteiger partial charge in [0.15, 0.2) is 11.5 Å². The maximum absolute atomic E-state index is 12.1. The molecule has 1 aliphatic carbocycles. The highest BCUT2D eigenvalue weighted by Gasteiger charge is 2.21. The van der Waals surface area contributed by atoms with E-state index in [4.69, 9.17) is 10.2 Å².